The molecule has 0 atom stereocenters. The molecular formula is C13H22N2O2S. The van der Waals surface area contributed by atoms with Crippen molar-refractivity contribution < 1.29 is 9.53 Å². The molecule has 0 bridgehead atoms. The van der Waals surface area contributed by atoms with Crippen molar-refractivity contribution in [1.82, 2.24) is 4.98 Å². The Balaban J connectivity index is 2.37. The molecule has 0 aromatic carbocycles. The standard InChI is InChI=1S/C13H22N2O2S/c1-9(2)7-5-6-8-14-13-15-10(3)11(18-13)12(16)17-4/h9H,5-8H2,1-4H3,(H,14,15). The first-order valence-electron chi connectivity index (χ1n) is 6.34. The molecule has 0 fully saturated rings. The predicted octanol–water partition coefficient (Wildman–Crippen LogP) is 3.48. The van der Waals surface area contributed by atoms with Gasteiger partial charge in [-0.25, -0.2) is 9.78 Å². The number of nitrogens with zero attached hydrogens (tertiary/aromatic N) is 1. The van der Waals surface area contributed by atoms with Crippen LogP contribution in [0.5, 0.6) is 0 Å². The molecule has 1 rings (SSSR count). The summed E-state index contributed by atoms with van der Waals surface area (Å²) in [6.07, 6.45) is 3.61. The Bertz CT molecular complexity index is 388. The number of carbonyl (C=O) groups excluding carboxylic acids is 1. The summed E-state index contributed by atoms with van der Waals surface area (Å²) in [7, 11) is 1.39. The summed E-state index contributed by atoms with van der Waals surface area (Å²) in [6.45, 7) is 7.20. The van der Waals surface area contributed by atoms with E-state index in [0.717, 1.165) is 29.7 Å². The van der Waals surface area contributed by atoms with Crippen LogP contribution in [0.4, 0.5) is 5.13 Å². The molecule has 102 valence electrons. The molecule has 0 unspecified atom stereocenters. The minimum Gasteiger partial charge on any atom is -0.465 e. The van der Waals surface area contributed by atoms with Gasteiger partial charge in [0.15, 0.2) is 5.13 Å². The molecule has 18 heavy (non-hydrogen) atoms. The van der Waals surface area contributed by atoms with Crippen molar-refractivity contribution >= 4 is 22.4 Å². The number of hydrogen-bond acceptors (Lipinski definition) is 5. The quantitative estimate of drug-likeness (QED) is 0.609. The predicted molar refractivity (Wildman–Crippen MR) is 75.4 cm³/mol. The Morgan fingerprint density at radius 3 is 2.78 bits per heavy atom. The Morgan fingerprint density at radius 1 is 1.44 bits per heavy atom. The lowest BCUT2D eigenvalue weighted by Crippen LogP contribution is -2.01. The molecular weight excluding hydrogens is 248 g/mol. The number of ether oxygens (including phenoxy) is 1. The van der Waals surface area contributed by atoms with Gasteiger partial charge in [0.05, 0.1) is 12.8 Å². The zero-order valence-electron chi connectivity index (χ0n) is 11.6. The highest BCUT2D eigenvalue weighted by atomic mass is 32.1. The summed E-state index contributed by atoms with van der Waals surface area (Å²) in [5, 5.41) is 4.06. The molecule has 1 N–H and O–H groups in total. The second-order valence-electron chi connectivity index (χ2n) is 4.74. The number of nitrogens with one attached hydrogen (secondary N) is 1. The van der Waals surface area contributed by atoms with Gasteiger partial charge in [0.1, 0.15) is 4.88 Å². The highest BCUT2D eigenvalue weighted by molar-refractivity contribution is 7.17. The van der Waals surface area contributed by atoms with Gasteiger partial charge in [-0.1, -0.05) is 38.0 Å². The molecule has 0 aliphatic heterocycles. The zero-order valence-corrected chi connectivity index (χ0v) is 12.4. The second kappa shape index (κ2) is 7.36. The van der Waals surface area contributed by atoms with E-state index in [1.54, 1.807) is 0 Å². The third kappa shape index (κ3) is 4.64. The molecule has 0 aliphatic rings. The lowest BCUT2D eigenvalue weighted by atomic mass is 10.1. The summed E-state index contributed by atoms with van der Waals surface area (Å²) in [5.74, 6) is 0.455. The van der Waals surface area contributed by atoms with Gasteiger partial charge in [-0.05, 0) is 19.3 Å². The SMILES string of the molecule is COC(=O)c1sc(NCCCCC(C)C)nc1C. The molecule has 0 saturated heterocycles. The average molecular weight is 270 g/mol. The van der Waals surface area contributed by atoms with E-state index in [1.165, 1.54) is 31.3 Å². The number of carbonyl (C=O) groups is 1. The number of aryl methyl sites for hydroxylation is 1. The summed E-state index contributed by atoms with van der Waals surface area (Å²) >= 11 is 1.36. The van der Waals surface area contributed by atoms with E-state index >= 15 is 0 Å². The van der Waals surface area contributed by atoms with Crippen LogP contribution in [0.15, 0.2) is 0 Å². The minimum atomic E-state index is -0.308. The number of unbranched alkanes of at least 4 members (excludes halogenated alkanes) is 1. The van der Waals surface area contributed by atoms with E-state index < -0.39 is 0 Å². The summed E-state index contributed by atoms with van der Waals surface area (Å²) in [5.41, 5.74) is 0.733. The number of aromatic nitrogens is 1. The topological polar surface area (TPSA) is 51.2 Å². The highest BCUT2D eigenvalue weighted by Crippen LogP contribution is 2.23. The fraction of sp³-hybridized carbons (Fsp3) is 0.692. The number of hydrogen-bond donors (Lipinski definition) is 1. The van der Waals surface area contributed by atoms with Crippen molar-refractivity contribution in [3.8, 4) is 0 Å². The second-order valence-corrected chi connectivity index (χ2v) is 5.74. The maximum absolute atomic E-state index is 11.4. The molecule has 0 spiro atoms. The maximum Gasteiger partial charge on any atom is 0.350 e. The van der Waals surface area contributed by atoms with Crippen molar-refractivity contribution in [2.75, 3.05) is 19.0 Å². The normalized spacial score (nSPS) is 10.7. The van der Waals surface area contributed by atoms with Crippen molar-refractivity contribution in [3.05, 3.63) is 10.6 Å². The molecule has 1 heterocycles. The fourth-order valence-electron chi connectivity index (χ4n) is 1.63. The minimum absolute atomic E-state index is 0.308. The van der Waals surface area contributed by atoms with E-state index in [2.05, 4.69) is 24.1 Å². The number of rotatable bonds is 7. The van der Waals surface area contributed by atoms with Crippen molar-refractivity contribution in [3.63, 3.8) is 0 Å². The van der Waals surface area contributed by atoms with Crippen LogP contribution in [0.3, 0.4) is 0 Å². The largest absolute Gasteiger partial charge is 0.465 e. The lowest BCUT2D eigenvalue weighted by molar-refractivity contribution is 0.0605. The molecule has 4 nitrogen and oxygen atoms in total. The van der Waals surface area contributed by atoms with Crippen LogP contribution >= 0.6 is 11.3 Å². The summed E-state index contributed by atoms with van der Waals surface area (Å²) in [6, 6.07) is 0. The van der Waals surface area contributed by atoms with Gasteiger partial charge < -0.3 is 10.1 Å². The monoisotopic (exact) mass is 270 g/mol. The van der Waals surface area contributed by atoms with Crippen LogP contribution in [-0.4, -0.2) is 24.6 Å². The third-order valence-corrected chi connectivity index (χ3v) is 3.75. The molecule has 0 radical (unpaired) electrons. The van der Waals surface area contributed by atoms with Crippen molar-refractivity contribution in [2.24, 2.45) is 5.92 Å². The van der Waals surface area contributed by atoms with Gasteiger partial charge in [-0.3, -0.25) is 0 Å². The van der Waals surface area contributed by atoms with Gasteiger partial charge in [-0.15, -0.1) is 0 Å². The number of methoxy groups -OCH3 is 1. The van der Waals surface area contributed by atoms with Crippen LogP contribution in [-0.2, 0) is 4.74 Å². The first-order valence-corrected chi connectivity index (χ1v) is 7.15. The summed E-state index contributed by atoms with van der Waals surface area (Å²) in [4.78, 5) is 16.3. The smallest absolute Gasteiger partial charge is 0.350 e. The average Bonchev–Trinajstić information content (AvgIpc) is 2.69. The van der Waals surface area contributed by atoms with Crippen molar-refractivity contribution in [2.45, 2.75) is 40.0 Å². The molecule has 1 aromatic heterocycles. The van der Waals surface area contributed by atoms with Crippen LogP contribution in [0.25, 0.3) is 0 Å². The zero-order chi connectivity index (χ0) is 13.5. The van der Waals surface area contributed by atoms with Gasteiger partial charge in [0.2, 0.25) is 0 Å². The third-order valence-electron chi connectivity index (χ3n) is 2.65. The van der Waals surface area contributed by atoms with E-state index in [1.807, 2.05) is 6.92 Å². The Labute approximate surface area is 113 Å². The lowest BCUT2D eigenvalue weighted by Gasteiger charge is -2.04. The molecule has 0 saturated carbocycles. The fourth-order valence-corrected chi connectivity index (χ4v) is 2.54. The Kier molecular flexibility index (Phi) is 6.12. The van der Waals surface area contributed by atoms with Gasteiger partial charge in [-0.2, -0.15) is 0 Å². The molecule has 5 heteroatoms. The Hall–Kier alpha value is -1.10. The maximum atomic E-state index is 11.4. The van der Waals surface area contributed by atoms with Crippen molar-refractivity contribution in [1.29, 1.82) is 0 Å². The molecule has 0 aliphatic carbocycles. The van der Waals surface area contributed by atoms with E-state index in [9.17, 15) is 4.79 Å². The first kappa shape index (κ1) is 15.0. The van der Waals surface area contributed by atoms with Gasteiger partial charge in [0.25, 0.3) is 0 Å². The van der Waals surface area contributed by atoms with E-state index in [4.69, 9.17) is 4.74 Å². The van der Waals surface area contributed by atoms with Gasteiger partial charge >= 0.3 is 5.97 Å². The van der Waals surface area contributed by atoms with Crippen LogP contribution < -0.4 is 5.32 Å². The molecule has 0 amide bonds. The summed E-state index contributed by atoms with van der Waals surface area (Å²) < 4.78 is 4.70. The Morgan fingerprint density at radius 2 is 2.17 bits per heavy atom. The van der Waals surface area contributed by atoms with Crippen LogP contribution in [0.1, 0.15) is 48.5 Å². The first-order chi connectivity index (χ1) is 8.54. The number of esters is 1. The van der Waals surface area contributed by atoms with E-state index in [-0.39, 0.29) is 5.97 Å². The van der Waals surface area contributed by atoms with Gasteiger partial charge in [0, 0.05) is 6.54 Å². The number of anilines is 1. The van der Waals surface area contributed by atoms with Crippen LogP contribution in [0, 0.1) is 12.8 Å². The molecule has 1 aromatic rings. The van der Waals surface area contributed by atoms with E-state index in [0.29, 0.717) is 4.88 Å². The van der Waals surface area contributed by atoms with Crippen LogP contribution in [0.2, 0.25) is 0 Å². The number of thiazole rings is 1. The highest BCUT2D eigenvalue weighted by Gasteiger charge is 2.15.